The summed E-state index contributed by atoms with van der Waals surface area (Å²) in [7, 11) is -4.32. The van der Waals surface area contributed by atoms with Crippen LogP contribution >= 0.6 is 11.6 Å². The van der Waals surface area contributed by atoms with Gasteiger partial charge in [0, 0.05) is 35.6 Å². The Hall–Kier alpha value is -0.920. The Morgan fingerprint density at radius 2 is 2.10 bits per heavy atom. The molecule has 0 aliphatic heterocycles. The zero-order chi connectivity index (χ0) is 15.8. The Bertz CT molecular complexity index is 797. The number of halogens is 1. The fourth-order valence-electron chi connectivity index (χ4n) is 2.20. The Labute approximate surface area is 131 Å². The van der Waals surface area contributed by atoms with Crippen LogP contribution in [0.15, 0.2) is 23.1 Å². The molecule has 0 aliphatic rings. The van der Waals surface area contributed by atoms with E-state index in [0.29, 0.717) is 29.2 Å². The van der Waals surface area contributed by atoms with Crippen molar-refractivity contribution in [3.8, 4) is 0 Å². The van der Waals surface area contributed by atoms with Gasteiger partial charge in [-0.25, -0.2) is 13.4 Å². The molecule has 2 rings (SSSR count). The largest absolute Gasteiger partial charge is 0.326 e. The Kier molecular flexibility index (Phi) is 4.75. The van der Waals surface area contributed by atoms with E-state index in [9.17, 15) is 12.6 Å². The minimum Gasteiger partial charge on any atom is -0.326 e. The van der Waals surface area contributed by atoms with Crippen molar-refractivity contribution in [2.45, 2.75) is 23.7 Å². The molecule has 5 nitrogen and oxygen atoms in total. The van der Waals surface area contributed by atoms with Gasteiger partial charge in [-0.2, -0.15) is 0 Å². The lowest BCUT2D eigenvalue weighted by Crippen LogP contribution is -2.10. The van der Waals surface area contributed by atoms with E-state index in [0.717, 1.165) is 6.26 Å². The molecule has 0 radical (unpaired) electrons. The van der Waals surface area contributed by atoms with Gasteiger partial charge in [0.15, 0.2) is 9.84 Å². The van der Waals surface area contributed by atoms with E-state index in [1.807, 2.05) is 4.57 Å². The van der Waals surface area contributed by atoms with E-state index in [1.54, 1.807) is 25.3 Å². The number of para-hydroxylation sites is 1. The van der Waals surface area contributed by atoms with Crippen LogP contribution in [-0.4, -0.2) is 40.4 Å². The van der Waals surface area contributed by atoms with Crippen LogP contribution in [0.5, 0.6) is 0 Å². The Balaban J connectivity index is 2.71. The van der Waals surface area contributed by atoms with Crippen molar-refractivity contribution < 1.29 is 12.6 Å². The minimum atomic E-state index is -3.37. The number of rotatable bonds is 5. The highest BCUT2D eigenvalue weighted by Crippen LogP contribution is 2.28. The summed E-state index contributed by atoms with van der Waals surface area (Å²) in [4.78, 5) is 4.60. The molecule has 0 N–H and O–H groups in total. The first-order valence-corrected chi connectivity index (χ1v) is 10.4. The number of benzene rings is 1. The SMILES string of the molecule is CC(Cl)c1nc2c(S(C)(=O)=O)cccc2n1CCS(C)=O. The Morgan fingerprint density at radius 1 is 1.43 bits per heavy atom. The molecule has 0 aliphatic carbocycles. The highest BCUT2D eigenvalue weighted by atomic mass is 35.5. The summed E-state index contributed by atoms with van der Waals surface area (Å²) < 4.78 is 36.9. The van der Waals surface area contributed by atoms with Crippen molar-refractivity contribution in [3.05, 3.63) is 24.0 Å². The van der Waals surface area contributed by atoms with Crippen LogP contribution in [0, 0.1) is 0 Å². The predicted octanol–water partition coefficient (Wildman–Crippen LogP) is 2.12. The molecule has 1 heterocycles. The summed E-state index contributed by atoms with van der Waals surface area (Å²) in [6.07, 6.45) is 2.79. The fraction of sp³-hybridized carbons (Fsp3) is 0.462. The number of nitrogens with zero attached hydrogens (tertiary/aromatic N) is 2. The van der Waals surface area contributed by atoms with Gasteiger partial charge in [0.05, 0.1) is 15.8 Å². The number of aryl methyl sites for hydroxylation is 1. The molecule has 1 aromatic carbocycles. The number of hydrogen-bond acceptors (Lipinski definition) is 4. The molecule has 2 aromatic rings. The molecular weight excluding hydrogens is 332 g/mol. The molecule has 0 amide bonds. The predicted molar refractivity (Wildman–Crippen MR) is 86.0 cm³/mol. The molecule has 0 bridgehead atoms. The van der Waals surface area contributed by atoms with Crippen molar-refractivity contribution >= 4 is 43.3 Å². The van der Waals surface area contributed by atoms with Gasteiger partial charge < -0.3 is 4.57 Å². The van der Waals surface area contributed by atoms with Gasteiger partial charge in [-0.05, 0) is 19.1 Å². The molecule has 2 atom stereocenters. The van der Waals surface area contributed by atoms with Gasteiger partial charge in [-0.15, -0.1) is 11.6 Å². The summed E-state index contributed by atoms with van der Waals surface area (Å²) >= 11 is 6.15. The minimum absolute atomic E-state index is 0.190. The van der Waals surface area contributed by atoms with Crippen molar-refractivity contribution in [1.29, 1.82) is 0 Å². The molecule has 116 valence electrons. The van der Waals surface area contributed by atoms with Crippen LogP contribution in [-0.2, 0) is 27.2 Å². The van der Waals surface area contributed by atoms with Crippen LogP contribution in [0.1, 0.15) is 18.1 Å². The summed E-state index contributed by atoms with van der Waals surface area (Å²) in [6, 6.07) is 5.02. The van der Waals surface area contributed by atoms with E-state index >= 15 is 0 Å². The number of sulfone groups is 1. The van der Waals surface area contributed by atoms with Crippen LogP contribution < -0.4 is 0 Å². The van der Waals surface area contributed by atoms with Gasteiger partial charge in [-0.1, -0.05) is 6.07 Å². The zero-order valence-electron chi connectivity index (χ0n) is 12.0. The van der Waals surface area contributed by atoms with Crippen molar-refractivity contribution in [1.82, 2.24) is 9.55 Å². The first-order chi connectivity index (χ1) is 9.71. The lowest BCUT2D eigenvalue weighted by Gasteiger charge is -2.09. The van der Waals surface area contributed by atoms with Gasteiger partial charge >= 0.3 is 0 Å². The summed E-state index contributed by atoms with van der Waals surface area (Å²) in [5.41, 5.74) is 1.12. The van der Waals surface area contributed by atoms with E-state index < -0.39 is 20.6 Å². The van der Waals surface area contributed by atoms with E-state index in [2.05, 4.69) is 4.98 Å². The second-order valence-corrected chi connectivity index (χ2v) is 9.10. The average Bonchev–Trinajstić information content (AvgIpc) is 2.73. The highest BCUT2D eigenvalue weighted by molar-refractivity contribution is 7.91. The second-order valence-electron chi connectivity index (χ2n) is 4.91. The number of imidazole rings is 1. The first kappa shape index (κ1) is 16.5. The van der Waals surface area contributed by atoms with Crippen molar-refractivity contribution in [2.24, 2.45) is 0 Å². The molecule has 0 saturated carbocycles. The van der Waals surface area contributed by atoms with Gasteiger partial charge in [0.1, 0.15) is 11.3 Å². The molecule has 0 spiro atoms. The summed E-state index contributed by atoms with van der Waals surface area (Å²) in [5, 5.41) is -0.366. The van der Waals surface area contributed by atoms with Crippen LogP contribution in [0.2, 0.25) is 0 Å². The standard InChI is InChI=1S/C13H17ClN2O3S2/c1-9(14)13-15-12-10(16(13)7-8-20(2)17)5-4-6-11(12)21(3,18)19/h4-6,9H,7-8H2,1-3H3. The van der Waals surface area contributed by atoms with E-state index in [-0.39, 0.29) is 10.3 Å². The molecule has 21 heavy (non-hydrogen) atoms. The molecule has 8 heteroatoms. The molecule has 2 unspecified atom stereocenters. The number of alkyl halides is 1. The van der Waals surface area contributed by atoms with E-state index in [1.165, 1.54) is 6.07 Å². The maximum Gasteiger partial charge on any atom is 0.177 e. The highest BCUT2D eigenvalue weighted by Gasteiger charge is 2.20. The smallest absolute Gasteiger partial charge is 0.177 e. The Morgan fingerprint density at radius 3 is 2.62 bits per heavy atom. The van der Waals surface area contributed by atoms with E-state index in [4.69, 9.17) is 11.6 Å². The molecule has 0 fully saturated rings. The normalized spacial score (nSPS) is 15.2. The van der Waals surface area contributed by atoms with Gasteiger partial charge in [-0.3, -0.25) is 4.21 Å². The quantitative estimate of drug-likeness (QED) is 0.776. The molecular formula is C13H17ClN2O3S2. The van der Waals surface area contributed by atoms with Gasteiger partial charge in [0.2, 0.25) is 0 Å². The maximum absolute atomic E-state index is 11.9. The number of aromatic nitrogens is 2. The summed E-state index contributed by atoms with van der Waals surface area (Å²) in [6.45, 7) is 2.27. The molecule has 1 aromatic heterocycles. The number of fused-ring (bicyclic) bond motifs is 1. The topological polar surface area (TPSA) is 69.0 Å². The first-order valence-electron chi connectivity index (χ1n) is 6.35. The second kappa shape index (κ2) is 6.06. The van der Waals surface area contributed by atoms with Crippen LogP contribution in [0.25, 0.3) is 11.0 Å². The van der Waals surface area contributed by atoms with Crippen molar-refractivity contribution in [2.75, 3.05) is 18.3 Å². The zero-order valence-corrected chi connectivity index (χ0v) is 14.4. The summed E-state index contributed by atoms with van der Waals surface area (Å²) in [5.74, 6) is 1.05. The van der Waals surface area contributed by atoms with Crippen molar-refractivity contribution in [3.63, 3.8) is 0 Å². The third kappa shape index (κ3) is 3.46. The number of hydrogen-bond donors (Lipinski definition) is 0. The lowest BCUT2D eigenvalue weighted by molar-refractivity contribution is 0.602. The third-order valence-electron chi connectivity index (χ3n) is 3.13. The van der Waals surface area contributed by atoms with Crippen LogP contribution in [0.3, 0.4) is 0 Å². The lowest BCUT2D eigenvalue weighted by atomic mass is 10.3. The van der Waals surface area contributed by atoms with Crippen LogP contribution in [0.4, 0.5) is 0 Å². The van der Waals surface area contributed by atoms with Gasteiger partial charge in [0.25, 0.3) is 0 Å². The fourth-order valence-corrected chi connectivity index (χ4v) is 3.63. The average molecular weight is 349 g/mol. The maximum atomic E-state index is 11.9. The molecule has 0 saturated heterocycles. The third-order valence-corrected chi connectivity index (χ3v) is 5.21. The monoisotopic (exact) mass is 348 g/mol.